The minimum Gasteiger partial charge on any atom is -0.369 e. The highest BCUT2D eigenvalue weighted by Crippen LogP contribution is 1.88. The number of carbonyl (C=O) groups is 1. The Kier molecular flexibility index (Phi) is 4.76. The maximum absolute atomic E-state index is 11.2. The van der Waals surface area contributed by atoms with Crippen molar-refractivity contribution in [1.82, 2.24) is 20.5 Å². The van der Waals surface area contributed by atoms with E-state index in [1.807, 2.05) is 13.8 Å². The zero-order chi connectivity index (χ0) is 11.1. The summed E-state index contributed by atoms with van der Waals surface area (Å²) in [4.78, 5) is 15.1. The van der Waals surface area contributed by atoms with E-state index in [0.29, 0.717) is 13.0 Å². The summed E-state index contributed by atoms with van der Waals surface area (Å²) in [5, 5.41) is 9.15. The summed E-state index contributed by atoms with van der Waals surface area (Å²) >= 11 is 0. The molecule has 1 heterocycles. The molecule has 0 spiro atoms. The quantitative estimate of drug-likeness (QED) is 0.689. The van der Waals surface area contributed by atoms with Crippen molar-refractivity contribution in [1.29, 1.82) is 0 Å². The molecule has 1 aromatic rings. The van der Waals surface area contributed by atoms with Crippen LogP contribution in [0.2, 0.25) is 0 Å². The number of nitrogens with zero attached hydrogens (tertiary/aromatic N) is 2. The maximum Gasteiger partial charge on any atom is 0.246 e. The molecule has 0 aliphatic heterocycles. The van der Waals surface area contributed by atoms with Crippen LogP contribution in [0.4, 0.5) is 0 Å². The van der Waals surface area contributed by atoms with E-state index in [-0.39, 0.29) is 18.6 Å². The summed E-state index contributed by atoms with van der Waals surface area (Å²) in [6, 6.07) is 0. The average Bonchev–Trinajstić information content (AvgIpc) is 2.67. The summed E-state index contributed by atoms with van der Waals surface area (Å²) < 4.78 is 5.14. The highest BCUT2D eigenvalue weighted by Gasteiger charge is 2.03. The number of aromatic nitrogens is 3. The molecule has 84 valence electrons. The second-order valence-corrected chi connectivity index (χ2v) is 3.39. The molecule has 0 bridgehead atoms. The van der Waals surface area contributed by atoms with E-state index >= 15 is 0 Å². The Morgan fingerprint density at radius 2 is 2.47 bits per heavy atom. The van der Waals surface area contributed by atoms with Gasteiger partial charge in [0.15, 0.2) is 0 Å². The van der Waals surface area contributed by atoms with Crippen molar-refractivity contribution in [2.75, 3.05) is 13.2 Å². The zero-order valence-electron chi connectivity index (χ0n) is 8.99. The number of rotatable bonds is 6. The van der Waals surface area contributed by atoms with Crippen molar-refractivity contribution in [3.63, 3.8) is 0 Å². The van der Waals surface area contributed by atoms with Gasteiger partial charge in [0.05, 0.1) is 6.10 Å². The zero-order valence-corrected chi connectivity index (χ0v) is 8.99. The molecule has 2 N–H and O–H groups in total. The van der Waals surface area contributed by atoms with Gasteiger partial charge in [0.25, 0.3) is 0 Å². The molecule has 0 saturated heterocycles. The maximum atomic E-state index is 11.2. The molecule has 0 atom stereocenters. The average molecular weight is 212 g/mol. The molecule has 0 aromatic carbocycles. The van der Waals surface area contributed by atoms with Gasteiger partial charge in [0.1, 0.15) is 18.8 Å². The smallest absolute Gasteiger partial charge is 0.246 e. The number of hydrogen-bond donors (Lipinski definition) is 2. The monoisotopic (exact) mass is 212 g/mol. The predicted octanol–water partition coefficient (Wildman–Crippen LogP) is -0.112. The van der Waals surface area contributed by atoms with Gasteiger partial charge < -0.3 is 10.1 Å². The van der Waals surface area contributed by atoms with Gasteiger partial charge in [-0.15, -0.1) is 0 Å². The summed E-state index contributed by atoms with van der Waals surface area (Å²) in [5.41, 5.74) is 0. The highest BCUT2D eigenvalue weighted by atomic mass is 16.5. The standard InChI is InChI=1S/C9H16N4O2/c1-7(2)15-5-9(14)10-4-3-8-11-6-12-13-8/h6-7H,3-5H2,1-2H3,(H,10,14)(H,11,12,13). The van der Waals surface area contributed by atoms with Gasteiger partial charge >= 0.3 is 0 Å². The predicted molar refractivity (Wildman–Crippen MR) is 54.2 cm³/mol. The van der Waals surface area contributed by atoms with Gasteiger partial charge in [-0.2, -0.15) is 5.10 Å². The van der Waals surface area contributed by atoms with Crippen molar-refractivity contribution in [2.45, 2.75) is 26.4 Å². The Morgan fingerprint density at radius 1 is 1.67 bits per heavy atom. The van der Waals surface area contributed by atoms with E-state index in [0.717, 1.165) is 5.82 Å². The van der Waals surface area contributed by atoms with Crippen LogP contribution < -0.4 is 5.32 Å². The lowest BCUT2D eigenvalue weighted by atomic mass is 10.4. The number of amides is 1. The van der Waals surface area contributed by atoms with Crippen LogP contribution >= 0.6 is 0 Å². The van der Waals surface area contributed by atoms with Crippen molar-refractivity contribution < 1.29 is 9.53 Å². The van der Waals surface area contributed by atoms with Crippen molar-refractivity contribution in [2.24, 2.45) is 0 Å². The first kappa shape index (κ1) is 11.6. The molecule has 0 saturated carbocycles. The fourth-order valence-corrected chi connectivity index (χ4v) is 0.965. The molecule has 0 unspecified atom stereocenters. The van der Waals surface area contributed by atoms with Crippen LogP contribution in [0.1, 0.15) is 19.7 Å². The number of aromatic amines is 1. The van der Waals surface area contributed by atoms with Gasteiger partial charge in [0, 0.05) is 13.0 Å². The van der Waals surface area contributed by atoms with E-state index in [9.17, 15) is 4.79 Å². The first-order chi connectivity index (χ1) is 7.18. The lowest BCUT2D eigenvalue weighted by Gasteiger charge is -2.07. The minimum atomic E-state index is -0.108. The Morgan fingerprint density at radius 3 is 3.07 bits per heavy atom. The lowest BCUT2D eigenvalue weighted by Crippen LogP contribution is -2.30. The first-order valence-corrected chi connectivity index (χ1v) is 4.91. The molecule has 0 aliphatic carbocycles. The van der Waals surface area contributed by atoms with Crippen LogP contribution in [0.5, 0.6) is 0 Å². The summed E-state index contributed by atoms with van der Waals surface area (Å²) in [5.74, 6) is 0.656. The molecule has 6 nitrogen and oxygen atoms in total. The Hall–Kier alpha value is -1.43. The van der Waals surface area contributed by atoms with Crippen LogP contribution in [-0.4, -0.2) is 40.3 Å². The largest absolute Gasteiger partial charge is 0.369 e. The Bertz CT molecular complexity index is 284. The van der Waals surface area contributed by atoms with E-state index in [1.54, 1.807) is 0 Å². The van der Waals surface area contributed by atoms with Crippen LogP contribution in [0.15, 0.2) is 6.33 Å². The van der Waals surface area contributed by atoms with Gasteiger partial charge in [0.2, 0.25) is 5.91 Å². The van der Waals surface area contributed by atoms with Gasteiger partial charge in [-0.05, 0) is 13.8 Å². The normalized spacial score (nSPS) is 10.6. The van der Waals surface area contributed by atoms with E-state index in [2.05, 4.69) is 20.5 Å². The van der Waals surface area contributed by atoms with Gasteiger partial charge in [-0.1, -0.05) is 0 Å². The molecule has 1 aromatic heterocycles. The molecular weight excluding hydrogens is 196 g/mol. The first-order valence-electron chi connectivity index (χ1n) is 4.91. The number of H-pyrrole nitrogens is 1. The second kappa shape index (κ2) is 6.13. The third kappa shape index (κ3) is 5.11. The number of carbonyl (C=O) groups excluding carboxylic acids is 1. The Balaban J connectivity index is 2.07. The van der Waals surface area contributed by atoms with Gasteiger partial charge in [-0.25, -0.2) is 4.98 Å². The van der Waals surface area contributed by atoms with Crippen LogP contribution in [-0.2, 0) is 16.0 Å². The van der Waals surface area contributed by atoms with Crippen LogP contribution in [0, 0.1) is 0 Å². The summed E-state index contributed by atoms with van der Waals surface area (Å²) in [7, 11) is 0. The lowest BCUT2D eigenvalue weighted by molar-refractivity contribution is -0.127. The SMILES string of the molecule is CC(C)OCC(=O)NCCc1ncn[nH]1. The second-order valence-electron chi connectivity index (χ2n) is 3.39. The van der Waals surface area contributed by atoms with E-state index in [4.69, 9.17) is 4.74 Å². The van der Waals surface area contributed by atoms with Crippen molar-refractivity contribution >= 4 is 5.91 Å². The van der Waals surface area contributed by atoms with Crippen molar-refractivity contribution in [3.05, 3.63) is 12.2 Å². The molecule has 1 rings (SSSR count). The summed E-state index contributed by atoms with van der Waals surface area (Å²) in [6.45, 7) is 4.42. The van der Waals surface area contributed by atoms with Crippen LogP contribution in [0.3, 0.4) is 0 Å². The number of hydrogen-bond acceptors (Lipinski definition) is 4. The highest BCUT2D eigenvalue weighted by molar-refractivity contribution is 5.77. The molecule has 1 amide bonds. The number of ether oxygens (including phenoxy) is 1. The third-order valence-corrected chi connectivity index (χ3v) is 1.70. The molecule has 0 fully saturated rings. The molecule has 0 aliphatic rings. The molecular formula is C9H16N4O2. The number of nitrogens with one attached hydrogen (secondary N) is 2. The van der Waals surface area contributed by atoms with Gasteiger partial charge in [-0.3, -0.25) is 9.89 Å². The van der Waals surface area contributed by atoms with E-state index < -0.39 is 0 Å². The fraction of sp³-hybridized carbons (Fsp3) is 0.667. The Labute approximate surface area is 88.4 Å². The fourth-order valence-electron chi connectivity index (χ4n) is 0.965. The van der Waals surface area contributed by atoms with Crippen LogP contribution in [0.25, 0.3) is 0 Å². The van der Waals surface area contributed by atoms with Crippen molar-refractivity contribution in [3.8, 4) is 0 Å². The molecule has 0 radical (unpaired) electrons. The third-order valence-electron chi connectivity index (χ3n) is 1.70. The summed E-state index contributed by atoms with van der Waals surface area (Å²) in [6.07, 6.45) is 2.16. The topological polar surface area (TPSA) is 79.9 Å². The minimum absolute atomic E-state index is 0.0741. The molecule has 15 heavy (non-hydrogen) atoms. The van der Waals surface area contributed by atoms with E-state index in [1.165, 1.54) is 6.33 Å². The molecule has 6 heteroatoms.